The average molecular weight is 252 g/mol. The van der Waals surface area contributed by atoms with Crippen molar-refractivity contribution in [1.82, 2.24) is 10.3 Å². The summed E-state index contributed by atoms with van der Waals surface area (Å²) in [4.78, 5) is 4.25. The lowest BCUT2D eigenvalue weighted by Crippen LogP contribution is -2.22. The van der Waals surface area contributed by atoms with Gasteiger partial charge in [-0.2, -0.15) is 0 Å². The van der Waals surface area contributed by atoms with E-state index in [0.29, 0.717) is 0 Å². The Morgan fingerprint density at radius 2 is 2.05 bits per heavy atom. The normalized spacial score (nSPS) is 15.2. The van der Waals surface area contributed by atoms with Crippen molar-refractivity contribution in [3.8, 4) is 0 Å². The number of hydrogen-bond donors (Lipinski definition) is 1. The fourth-order valence-electron chi connectivity index (χ4n) is 2.95. The second kappa shape index (κ2) is 5.54. The smallest absolute Gasteiger partial charge is 0.0591 e. The highest BCUT2D eigenvalue weighted by Crippen LogP contribution is 2.28. The lowest BCUT2D eigenvalue weighted by Gasteiger charge is -2.19. The number of pyridine rings is 1. The second-order valence-electron chi connectivity index (χ2n) is 5.16. The molecule has 0 radical (unpaired) electrons. The van der Waals surface area contributed by atoms with Crippen LogP contribution in [0.25, 0.3) is 0 Å². The molecule has 1 atom stereocenters. The minimum atomic E-state index is 0.254. The Hall–Kier alpha value is -1.67. The van der Waals surface area contributed by atoms with Crippen LogP contribution in [0.4, 0.5) is 0 Å². The molecule has 0 bridgehead atoms. The van der Waals surface area contributed by atoms with Crippen molar-refractivity contribution < 1.29 is 0 Å². The number of rotatable bonds is 4. The lowest BCUT2D eigenvalue weighted by atomic mass is 9.96. The van der Waals surface area contributed by atoms with Crippen LogP contribution in [0.15, 0.2) is 42.7 Å². The molecule has 1 aromatic carbocycles. The van der Waals surface area contributed by atoms with Gasteiger partial charge in [-0.3, -0.25) is 4.98 Å². The maximum Gasteiger partial charge on any atom is 0.0591 e. The second-order valence-corrected chi connectivity index (χ2v) is 5.16. The van der Waals surface area contributed by atoms with Crippen molar-refractivity contribution in [3.63, 3.8) is 0 Å². The van der Waals surface area contributed by atoms with E-state index in [4.69, 9.17) is 0 Å². The maximum absolute atomic E-state index is 4.25. The first-order chi connectivity index (χ1) is 9.38. The molecule has 2 heteroatoms. The fraction of sp³-hybridized carbons (Fsp3) is 0.353. The summed E-state index contributed by atoms with van der Waals surface area (Å²) in [6, 6.07) is 11.4. The van der Waals surface area contributed by atoms with Crippen molar-refractivity contribution in [2.45, 2.75) is 32.2 Å². The van der Waals surface area contributed by atoms with Crippen LogP contribution in [0.3, 0.4) is 0 Å². The molecule has 98 valence electrons. The molecule has 0 saturated heterocycles. The first-order valence-corrected chi connectivity index (χ1v) is 7.13. The monoisotopic (exact) mass is 252 g/mol. The van der Waals surface area contributed by atoms with Gasteiger partial charge < -0.3 is 5.32 Å². The zero-order chi connectivity index (χ0) is 13.1. The van der Waals surface area contributed by atoms with E-state index in [1.165, 1.54) is 41.5 Å². The third-order valence-electron chi connectivity index (χ3n) is 3.88. The Morgan fingerprint density at radius 1 is 1.16 bits per heavy atom. The van der Waals surface area contributed by atoms with Gasteiger partial charge in [-0.1, -0.05) is 31.2 Å². The van der Waals surface area contributed by atoms with E-state index in [-0.39, 0.29) is 6.04 Å². The molecule has 0 spiro atoms. The Labute approximate surface area is 114 Å². The minimum absolute atomic E-state index is 0.254. The molecular formula is C17H20N2. The Balaban J connectivity index is 1.96. The molecule has 1 aliphatic carbocycles. The molecule has 1 heterocycles. The van der Waals surface area contributed by atoms with E-state index in [9.17, 15) is 0 Å². The molecular weight excluding hydrogens is 232 g/mol. The lowest BCUT2D eigenvalue weighted by molar-refractivity contribution is 0.628. The van der Waals surface area contributed by atoms with Gasteiger partial charge in [0.05, 0.1) is 6.04 Å². The van der Waals surface area contributed by atoms with Gasteiger partial charge in [-0.25, -0.2) is 0 Å². The van der Waals surface area contributed by atoms with Crippen LogP contribution >= 0.6 is 0 Å². The van der Waals surface area contributed by atoms with Gasteiger partial charge in [0.15, 0.2) is 0 Å². The highest BCUT2D eigenvalue weighted by molar-refractivity contribution is 5.39. The first-order valence-electron chi connectivity index (χ1n) is 7.13. The molecule has 2 nitrogen and oxygen atoms in total. The van der Waals surface area contributed by atoms with E-state index >= 15 is 0 Å². The van der Waals surface area contributed by atoms with Crippen LogP contribution in [0, 0.1) is 0 Å². The summed E-state index contributed by atoms with van der Waals surface area (Å²) in [5.74, 6) is 0. The largest absolute Gasteiger partial charge is 0.306 e. The van der Waals surface area contributed by atoms with Crippen LogP contribution in [0.2, 0.25) is 0 Å². The third kappa shape index (κ3) is 2.54. The summed E-state index contributed by atoms with van der Waals surface area (Å²) < 4.78 is 0. The zero-order valence-electron chi connectivity index (χ0n) is 11.4. The molecule has 0 unspecified atom stereocenters. The third-order valence-corrected chi connectivity index (χ3v) is 3.88. The molecule has 0 amide bonds. The Kier molecular flexibility index (Phi) is 3.60. The summed E-state index contributed by atoms with van der Waals surface area (Å²) in [7, 11) is 0. The van der Waals surface area contributed by atoms with Crippen molar-refractivity contribution in [3.05, 3.63) is 65.0 Å². The molecule has 1 N–H and O–H groups in total. The van der Waals surface area contributed by atoms with Gasteiger partial charge in [-0.05, 0) is 54.1 Å². The number of aromatic nitrogens is 1. The van der Waals surface area contributed by atoms with Crippen molar-refractivity contribution >= 4 is 0 Å². The molecule has 1 aliphatic rings. The molecule has 3 rings (SSSR count). The number of aryl methyl sites for hydroxylation is 2. The van der Waals surface area contributed by atoms with E-state index in [2.05, 4.69) is 41.5 Å². The number of hydrogen-bond acceptors (Lipinski definition) is 2. The van der Waals surface area contributed by atoms with Crippen molar-refractivity contribution in [2.75, 3.05) is 6.54 Å². The number of fused-ring (bicyclic) bond motifs is 1. The fourth-order valence-corrected chi connectivity index (χ4v) is 2.95. The van der Waals surface area contributed by atoms with Crippen LogP contribution in [0.5, 0.6) is 0 Å². The topological polar surface area (TPSA) is 24.9 Å². The van der Waals surface area contributed by atoms with Crippen molar-refractivity contribution in [1.29, 1.82) is 0 Å². The summed E-state index contributed by atoms with van der Waals surface area (Å²) in [5.41, 5.74) is 5.66. The molecule has 0 fully saturated rings. The molecule has 1 aromatic heterocycles. The van der Waals surface area contributed by atoms with Crippen LogP contribution in [0.1, 0.15) is 41.6 Å². The van der Waals surface area contributed by atoms with Crippen LogP contribution in [-0.4, -0.2) is 11.5 Å². The van der Waals surface area contributed by atoms with E-state index < -0.39 is 0 Å². The van der Waals surface area contributed by atoms with Crippen LogP contribution < -0.4 is 5.32 Å². The molecule has 2 aromatic rings. The maximum atomic E-state index is 4.25. The molecule has 19 heavy (non-hydrogen) atoms. The average Bonchev–Trinajstić information content (AvgIpc) is 2.93. The van der Waals surface area contributed by atoms with Crippen molar-refractivity contribution in [2.24, 2.45) is 0 Å². The highest BCUT2D eigenvalue weighted by Gasteiger charge is 2.16. The standard InChI is InChI=1S/C17H20N2/c1-2-19-17(16-7-4-10-18-12-16)15-9-8-13-5-3-6-14(13)11-15/h4,7-12,17,19H,2-3,5-6H2,1H3/t17-/m1/s1. The summed E-state index contributed by atoms with van der Waals surface area (Å²) in [6.07, 6.45) is 7.57. The van der Waals surface area contributed by atoms with Gasteiger partial charge in [0, 0.05) is 12.4 Å². The minimum Gasteiger partial charge on any atom is -0.306 e. The Bertz CT molecular complexity index is 548. The number of nitrogens with one attached hydrogen (secondary N) is 1. The Morgan fingerprint density at radius 3 is 2.84 bits per heavy atom. The summed E-state index contributed by atoms with van der Waals surface area (Å²) in [6.45, 7) is 3.10. The predicted molar refractivity (Wildman–Crippen MR) is 78.2 cm³/mol. The highest BCUT2D eigenvalue weighted by atomic mass is 14.9. The summed E-state index contributed by atoms with van der Waals surface area (Å²) in [5, 5.41) is 3.57. The summed E-state index contributed by atoms with van der Waals surface area (Å²) >= 11 is 0. The molecule has 0 aliphatic heterocycles. The van der Waals surface area contributed by atoms with E-state index in [1.807, 2.05) is 18.5 Å². The quantitative estimate of drug-likeness (QED) is 0.903. The molecule has 0 saturated carbocycles. The van der Waals surface area contributed by atoms with Gasteiger partial charge >= 0.3 is 0 Å². The van der Waals surface area contributed by atoms with Gasteiger partial charge in [0.2, 0.25) is 0 Å². The number of nitrogens with zero attached hydrogens (tertiary/aromatic N) is 1. The van der Waals surface area contributed by atoms with Gasteiger partial charge in [0.1, 0.15) is 0 Å². The van der Waals surface area contributed by atoms with Crippen LogP contribution in [-0.2, 0) is 12.8 Å². The first kappa shape index (κ1) is 12.4. The van der Waals surface area contributed by atoms with E-state index in [1.54, 1.807) is 0 Å². The zero-order valence-corrected chi connectivity index (χ0v) is 11.4. The van der Waals surface area contributed by atoms with Gasteiger partial charge in [0.25, 0.3) is 0 Å². The van der Waals surface area contributed by atoms with Gasteiger partial charge in [-0.15, -0.1) is 0 Å². The van der Waals surface area contributed by atoms with E-state index in [0.717, 1.165) is 6.54 Å². The predicted octanol–water partition coefficient (Wildman–Crippen LogP) is 3.27. The SMILES string of the molecule is CCN[C@@H](c1cccnc1)c1ccc2c(c1)CCC2. The number of benzene rings is 1.